The molecule has 0 spiro atoms. The summed E-state index contributed by atoms with van der Waals surface area (Å²) < 4.78 is 0. The van der Waals surface area contributed by atoms with Gasteiger partial charge >= 0.3 is 5.97 Å². The molecule has 5 nitrogen and oxygen atoms in total. The van der Waals surface area contributed by atoms with E-state index < -0.39 is 5.97 Å². The van der Waals surface area contributed by atoms with Gasteiger partial charge in [0.05, 0.1) is 5.56 Å². The Morgan fingerprint density at radius 1 is 1.24 bits per heavy atom. The lowest BCUT2D eigenvalue weighted by Crippen LogP contribution is -2.01. The number of carboxylic acids is 1. The summed E-state index contributed by atoms with van der Waals surface area (Å²) in [4.78, 5) is 19.2. The number of benzene rings is 1. The van der Waals surface area contributed by atoms with Gasteiger partial charge in [-0.1, -0.05) is 23.7 Å². The number of pyridine rings is 2. The van der Waals surface area contributed by atoms with Crippen LogP contribution in [0.4, 0.5) is 11.5 Å². The first-order valence-electron chi connectivity index (χ1n) is 6.14. The number of nitrogens with zero attached hydrogens (tertiary/aromatic N) is 2. The summed E-state index contributed by atoms with van der Waals surface area (Å²) in [6.45, 7) is 0. The molecule has 0 atom stereocenters. The number of carboxylic acid groups (broad SMARTS) is 1. The van der Waals surface area contributed by atoms with Crippen molar-refractivity contribution in [2.75, 3.05) is 5.32 Å². The van der Waals surface area contributed by atoms with E-state index >= 15 is 0 Å². The molecule has 0 aliphatic rings. The average molecular weight is 300 g/mol. The fourth-order valence-corrected chi connectivity index (χ4v) is 2.26. The number of aromatic nitrogens is 2. The van der Waals surface area contributed by atoms with Crippen LogP contribution in [0.1, 0.15) is 10.4 Å². The Balaban J connectivity index is 2.05. The predicted molar refractivity (Wildman–Crippen MR) is 81.2 cm³/mol. The average Bonchev–Trinajstić information content (AvgIpc) is 2.47. The third-order valence-electron chi connectivity index (χ3n) is 2.98. The summed E-state index contributed by atoms with van der Waals surface area (Å²) >= 11 is 5.85. The molecule has 0 radical (unpaired) electrons. The molecule has 1 aromatic carbocycles. The first kappa shape index (κ1) is 13.3. The second-order valence-electron chi connectivity index (χ2n) is 4.40. The number of carbonyl (C=O) groups is 1. The van der Waals surface area contributed by atoms with Crippen molar-refractivity contribution in [3.8, 4) is 0 Å². The van der Waals surface area contributed by atoms with E-state index in [-0.39, 0.29) is 10.7 Å². The summed E-state index contributed by atoms with van der Waals surface area (Å²) in [6.07, 6.45) is 3.45. The molecule has 0 bridgehead atoms. The molecule has 2 N–H and O–H groups in total. The predicted octanol–water partition coefficient (Wildman–Crippen LogP) is 3.73. The number of fused-ring (bicyclic) bond motifs is 1. The van der Waals surface area contributed by atoms with Crippen molar-refractivity contribution in [2.24, 2.45) is 0 Å². The Morgan fingerprint density at radius 3 is 2.90 bits per heavy atom. The van der Waals surface area contributed by atoms with Crippen LogP contribution in [-0.4, -0.2) is 21.0 Å². The van der Waals surface area contributed by atoms with Crippen LogP contribution in [0.15, 0.2) is 48.8 Å². The van der Waals surface area contributed by atoms with E-state index in [2.05, 4.69) is 15.3 Å². The minimum absolute atomic E-state index is 0.0828. The fraction of sp³-hybridized carbons (Fsp3) is 0. The summed E-state index contributed by atoms with van der Waals surface area (Å²) in [7, 11) is 0. The number of nitrogens with one attached hydrogen (secondary N) is 1. The number of hydrogen-bond acceptors (Lipinski definition) is 4. The van der Waals surface area contributed by atoms with E-state index in [0.29, 0.717) is 5.82 Å². The number of aromatic carboxylic acids is 1. The second kappa shape index (κ2) is 5.38. The number of rotatable bonds is 3. The van der Waals surface area contributed by atoms with Gasteiger partial charge in [0.1, 0.15) is 11.0 Å². The molecule has 0 aliphatic heterocycles. The van der Waals surface area contributed by atoms with Crippen LogP contribution < -0.4 is 5.32 Å². The molecule has 2 heterocycles. The first-order valence-corrected chi connectivity index (χ1v) is 6.52. The lowest BCUT2D eigenvalue weighted by atomic mass is 10.1. The lowest BCUT2D eigenvalue weighted by molar-refractivity contribution is 0.0697. The summed E-state index contributed by atoms with van der Waals surface area (Å²) in [5.74, 6) is -0.673. The highest BCUT2D eigenvalue weighted by Crippen LogP contribution is 2.26. The van der Waals surface area contributed by atoms with Crippen molar-refractivity contribution in [1.82, 2.24) is 9.97 Å². The maximum absolute atomic E-state index is 11.0. The molecule has 3 rings (SSSR count). The van der Waals surface area contributed by atoms with E-state index in [1.54, 1.807) is 12.4 Å². The van der Waals surface area contributed by atoms with Crippen molar-refractivity contribution < 1.29 is 9.90 Å². The summed E-state index contributed by atoms with van der Waals surface area (Å²) in [5.41, 5.74) is 0.889. The molecule has 0 fully saturated rings. The van der Waals surface area contributed by atoms with Gasteiger partial charge < -0.3 is 10.4 Å². The van der Waals surface area contributed by atoms with Gasteiger partial charge in [-0.25, -0.2) is 9.78 Å². The van der Waals surface area contributed by atoms with Gasteiger partial charge in [0, 0.05) is 28.9 Å². The van der Waals surface area contributed by atoms with Gasteiger partial charge in [0.2, 0.25) is 0 Å². The highest BCUT2D eigenvalue weighted by atomic mass is 35.5. The summed E-state index contributed by atoms with van der Waals surface area (Å²) in [6, 6.07) is 10.3. The molecule has 0 saturated heterocycles. The monoisotopic (exact) mass is 299 g/mol. The standard InChI is InChI=1S/C15H10ClN3O2/c16-13-6-10(15(20)21)7-14(19-13)18-12-3-1-2-9-8-17-5-4-11(9)12/h1-8H,(H,18,19)(H,20,21). The van der Waals surface area contributed by atoms with Crippen LogP contribution in [0.2, 0.25) is 5.15 Å². The van der Waals surface area contributed by atoms with Crippen LogP contribution in [0.3, 0.4) is 0 Å². The van der Waals surface area contributed by atoms with Gasteiger partial charge in [0.15, 0.2) is 0 Å². The highest BCUT2D eigenvalue weighted by Gasteiger charge is 2.09. The van der Waals surface area contributed by atoms with Crippen molar-refractivity contribution in [3.63, 3.8) is 0 Å². The van der Waals surface area contributed by atoms with E-state index in [9.17, 15) is 4.79 Å². The normalized spacial score (nSPS) is 10.5. The molecule has 0 amide bonds. The third-order valence-corrected chi connectivity index (χ3v) is 3.18. The van der Waals surface area contributed by atoms with Crippen molar-refractivity contribution in [3.05, 3.63) is 59.5 Å². The van der Waals surface area contributed by atoms with Gasteiger partial charge in [-0.15, -0.1) is 0 Å². The van der Waals surface area contributed by atoms with E-state index in [1.807, 2.05) is 24.3 Å². The van der Waals surface area contributed by atoms with E-state index in [0.717, 1.165) is 16.5 Å². The molecule has 0 saturated carbocycles. The van der Waals surface area contributed by atoms with Gasteiger partial charge in [0.25, 0.3) is 0 Å². The van der Waals surface area contributed by atoms with Crippen LogP contribution in [0.25, 0.3) is 10.8 Å². The maximum atomic E-state index is 11.0. The largest absolute Gasteiger partial charge is 0.478 e. The first-order chi connectivity index (χ1) is 10.1. The molecule has 21 heavy (non-hydrogen) atoms. The van der Waals surface area contributed by atoms with Crippen LogP contribution in [0.5, 0.6) is 0 Å². The van der Waals surface area contributed by atoms with Gasteiger partial charge in [-0.3, -0.25) is 4.98 Å². The Hall–Kier alpha value is -2.66. The Bertz CT molecular complexity index is 831. The second-order valence-corrected chi connectivity index (χ2v) is 4.78. The Labute approximate surface area is 125 Å². The minimum atomic E-state index is -1.05. The maximum Gasteiger partial charge on any atom is 0.335 e. The number of hydrogen-bond donors (Lipinski definition) is 2. The quantitative estimate of drug-likeness (QED) is 0.721. The Kier molecular flexibility index (Phi) is 3.41. The molecular formula is C15H10ClN3O2. The van der Waals surface area contributed by atoms with Gasteiger partial charge in [-0.2, -0.15) is 0 Å². The van der Waals surface area contributed by atoms with E-state index in [1.165, 1.54) is 12.1 Å². The van der Waals surface area contributed by atoms with Crippen molar-refractivity contribution in [2.45, 2.75) is 0 Å². The summed E-state index contributed by atoms with van der Waals surface area (Å²) in [5, 5.41) is 14.2. The fourth-order valence-electron chi connectivity index (χ4n) is 2.05. The molecule has 104 valence electrons. The lowest BCUT2D eigenvalue weighted by Gasteiger charge is -2.09. The number of halogens is 1. The Morgan fingerprint density at radius 2 is 2.10 bits per heavy atom. The topological polar surface area (TPSA) is 75.1 Å². The molecule has 0 unspecified atom stereocenters. The zero-order valence-corrected chi connectivity index (χ0v) is 11.5. The van der Waals surface area contributed by atoms with Crippen molar-refractivity contribution >= 4 is 39.8 Å². The molecular weight excluding hydrogens is 290 g/mol. The number of anilines is 2. The zero-order chi connectivity index (χ0) is 14.8. The molecule has 2 aromatic heterocycles. The highest BCUT2D eigenvalue weighted by molar-refractivity contribution is 6.29. The molecule has 6 heteroatoms. The molecule has 3 aromatic rings. The smallest absolute Gasteiger partial charge is 0.335 e. The van der Waals surface area contributed by atoms with Gasteiger partial charge in [-0.05, 0) is 24.3 Å². The van der Waals surface area contributed by atoms with Crippen molar-refractivity contribution in [1.29, 1.82) is 0 Å². The van der Waals surface area contributed by atoms with Crippen LogP contribution in [0, 0.1) is 0 Å². The molecule has 0 aliphatic carbocycles. The van der Waals surface area contributed by atoms with E-state index in [4.69, 9.17) is 16.7 Å². The SMILES string of the molecule is O=C(O)c1cc(Cl)nc(Nc2cccc3cnccc23)c1. The minimum Gasteiger partial charge on any atom is -0.478 e. The zero-order valence-electron chi connectivity index (χ0n) is 10.7. The third kappa shape index (κ3) is 2.78. The van der Waals surface area contributed by atoms with Crippen LogP contribution in [-0.2, 0) is 0 Å². The van der Waals surface area contributed by atoms with Crippen LogP contribution >= 0.6 is 11.6 Å².